The zero-order chi connectivity index (χ0) is 13.3. The minimum absolute atomic E-state index is 0.0794. The van der Waals surface area contributed by atoms with E-state index in [2.05, 4.69) is 15.9 Å². The van der Waals surface area contributed by atoms with Crippen molar-refractivity contribution in [3.63, 3.8) is 0 Å². The molecule has 2 amide bonds. The summed E-state index contributed by atoms with van der Waals surface area (Å²) in [6, 6.07) is 1.54. The van der Waals surface area contributed by atoms with Gasteiger partial charge in [0.2, 0.25) is 0 Å². The molecule has 0 bridgehead atoms. The van der Waals surface area contributed by atoms with Gasteiger partial charge in [0.25, 0.3) is 11.8 Å². The third-order valence-electron chi connectivity index (χ3n) is 3.03. The molecule has 1 aromatic rings. The minimum atomic E-state index is -1.63. The molecule has 6 nitrogen and oxygen atoms in total. The molecule has 1 atom stereocenters. The number of nitrogens with zero attached hydrogens (tertiary/aromatic N) is 1. The van der Waals surface area contributed by atoms with Crippen LogP contribution in [0.5, 0.6) is 0 Å². The van der Waals surface area contributed by atoms with Crippen molar-refractivity contribution >= 4 is 27.7 Å². The van der Waals surface area contributed by atoms with E-state index in [0.29, 0.717) is 23.2 Å². The highest BCUT2D eigenvalue weighted by Gasteiger charge is 2.40. The van der Waals surface area contributed by atoms with Crippen molar-refractivity contribution in [3.8, 4) is 0 Å². The van der Waals surface area contributed by atoms with Crippen molar-refractivity contribution in [1.82, 2.24) is 4.90 Å². The molecule has 7 heteroatoms. The third-order valence-corrected chi connectivity index (χ3v) is 3.45. The predicted molar refractivity (Wildman–Crippen MR) is 65.7 cm³/mol. The minimum Gasteiger partial charge on any atom is -0.457 e. The number of β-amino-alcohol motifs (C(OH)–C–C–N with tert-alkyl or cyclic N) is 1. The number of primary amides is 1. The Labute approximate surface area is 112 Å². The maximum absolute atomic E-state index is 12.1. The number of piperidine rings is 1. The Balaban J connectivity index is 2.14. The highest BCUT2D eigenvalue weighted by atomic mass is 79.9. The molecule has 1 aliphatic heterocycles. The van der Waals surface area contributed by atoms with Crippen LogP contribution in [-0.4, -0.2) is 40.5 Å². The first-order valence-electron chi connectivity index (χ1n) is 5.48. The van der Waals surface area contributed by atoms with Crippen LogP contribution in [0.1, 0.15) is 23.2 Å². The van der Waals surface area contributed by atoms with E-state index in [1.54, 1.807) is 6.07 Å². The Hall–Kier alpha value is -1.34. The second-order valence-corrected chi connectivity index (χ2v) is 5.15. The maximum Gasteiger partial charge on any atom is 0.257 e. The van der Waals surface area contributed by atoms with E-state index in [1.807, 2.05) is 0 Å². The number of likely N-dealkylation sites (tertiary alicyclic amines) is 1. The van der Waals surface area contributed by atoms with Gasteiger partial charge in [-0.25, -0.2) is 0 Å². The van der Waals surface area contributed by atoms with Gasteiger partial charge in [0.15, 0.2) is 10.3 Å². The Morgan fingerprint density at radius 2 is 2.28 bits per heavy atom. The summed E-state index contributed by atoms with van der Waals surface area (Å²) in [6.07, 6.45) is 2.13. The molecule has 0 aliphatic carbocycles. The lowest BCUT2D eigenvalue weighted by atomic mass is 9.92. The number of aliphatic hydroxyl groups is 1. The highest BCUT2D eigenvalue weighted by molar-refractivity contribution is 9.10. The van der Waals surface area contributed by atoms with E-state index >= 15 is 0 Å². The van der Waals surface area contributed by atoms with Crippen LogP contribution in [0.3, 0.4) is 0 Å². The van der Waals surface area contributed by atoms with E-state index in [1.165, 1.54) is 11.2 Å². The predicted octanol–water partition coefficient (Wildman–Crippen LogP) is 0.495. The van der Waals surface area contributed by atoms with E-state index < -0.39 is 11.5 Å². The van der Waals surface area contributed by atoms with E-state index in [0.717, 1.165) is 0 Å². The fourth-order valence-electron chi connectivity index (χ4n) is 2.02. The number of furan rings is 1. The van der Waals surface area contributed by atoms with Gasteiger partial charge < -0.3 is 20.2 Å². The highest BCUT2D eigenvalue weighted by Crippen LogP contribution is 2.23. The molecule has 3 N–H and O–H groups in total. The zero-order valence-electron chi connectivity index (χ0n) is 9.56. The molecule has 0 spiro atoms. The molecule has 18 heavy (non-hydrogen) atoms. The quantitative estimate of drug-likeness (QED) is 0.830. The van der Waals surface area contributed by atoms with Gasteiger partial charge in [-0.15, -0.1) is 0 Å². The summed E-state index contributed by atoms with van der Waals surface area (Å²) in [7, 11) is 0. The van der Waals surface area contributed by atoms with Crippen LogP contribution in [0.15, 0.2) is 21.4 Å². The van der Waals surface area contributed by atoms with E-state index in [9.17, 15) is 14.7 Å². The van der Waals surface area contributed by atoms with Crippen LogP contribution < -0.4 is 5.73 Å². The van der Waals surface area contributed by atoms with Crippen LogP contribution in [0, 0.1) is 0 Å². The molecule has 1 aliphatic rings. The summed E-state index contributed by atoms with van der Waals surface area (Å²) < 4.78 is 5.44. The van der Waals surface area contributed by atoms with E-state index in [-0.39, 0.29) is 18.9 Å². The lowest BCUT2D eigenvalue weighted by Gasteiger charge is -2.36. The molecule has 1 aromatic heterocycles. The molecule has 0 saturated carbocycles. The fourth-order valence-corrected chi connectivity index (χ4v) is 2.36. The number of rotatable bonds is 2. The smallest absolute Gasteiger partial charge is 0.257 e. The monoisotopic (exact) mass is 316 g/mol. The van der Waals surface area contributed by atoms with Gasteiger partial charge in [-0.1, -0.05) is 0 Å². The van der Waals surface area contributed by atoms with Crippen LogP contribution in [0.4, 0.5) is 0 Å². The van der Waals surface area contributed by atoms with Gasteiger partial charge in [-0.2, -0.15) is 0 Å². The molecular weight excluding hydrogens is 304 g/mol. The molecule has 0 aromatic carbocycles. The summed E-state index contributed by atoms with van der Waals surface area (Å²) in [5, 5.41) is 10.0. The number of halogens is 1. The second kappa shape index (κ2) is 4.74. The molecule has 1 fully saturated rings. The Morgan fingerprint density at radius 3 is 2.83 bits per heavy atom. The van der Waals surface area contributed by atoms with Crippen LogP contribution in [0.2, 0.25) is 0 Å². The molecule has 0 radical (unpaired) electrons. The molecule has 0 unspecified atom stereocenters. The number of hydrogen-bond acceptors (Lipinski definition) is 4. The number of hydrogen-bond donors (Lipinski definition) is 2. The second-order valence-electron chi connectivity index (χ2n) is 4.37. The SMILES string of the molecule is NC(=O)[C@@]1(O)CCCN(C(=O)c2coc(Br)c2)C1. The van der Waals surface area contributed by atoms with Gasteiger partial charge in [0.05, 0.1) is 12.1 Å². The van der Waals surface area contributed by atoms with E-state index in [4.69, 9.17) is 10.2 Å². The van der Waals surface area contributed by atoms with Gasteiger partial charge in [0.1, 0.15) is 6.26 Å². The van der Waals surface area contributed by atoms with Crippen molar-refractivity contribution in [2.75, 3.05) is 13.1 Å². The fraction of sp³-hybridized carbons (Fsp3) is 0.455. The average Bonchev–Trinajstić information content (AvgIpc) is 2.75. The van der Waals surface area contributed by atoms with Crippen molar-refractivity contribution in [2.24, 2.45) is 5.73 Å². The van der Waals surface area contributed by atoms with Gasteiger partial charge in [0, 0.05) is 12.6 Å². The largest absolute Gasteiger partial charge is 0.457 e. The summed E-state index contributed by atoms with van der Waals surface area (Å²) in [5.74, 6) is -1.09. The Morgan fingerprint density at radius 1 is 1.56 bits per heavy atom. The number of nitrogens with two attached hydrogens (primary N) is 1. The summed E-state index contributed by atoms with van der Waals surface area (Å²) in [4.78, 5) is 24.7. The molecular formula is C11H13BrN2O4. The van der Waals surface area contributed by atoms with Gasteiger partial charge in [-0.3, -0.25) is 9.59 Å². The molecule has 1 saturated heterocycles. The summed E-state index contributed by atoms with van der Waals surface area (Å²) in [5.41, 5.74) is 3.89. The van der Waals surface area contributed by atoms with Crippen LogP contribution in [-0.2, 0) is 4.79 Å². The van der Waals surface area contributed by atoms with Crippen molar-refractivity contribution in [3.05, 3.63) is 22.6 Å². The van der Waals surface area contributed by atoms with Crippen molar-refractivity contribution in [1.29, 1.82) is 0 Å². The van der Waals surface area contributed by atoms with Gasteiger partial charge in [-0.05, 0) is 28.8 Å². The Bertz CT molecular complexity index is 487. The lowest BCUT2D eigenvalue weighted by molar-refractivity contribution is -0.140. The molecule has 2 rings (SSSR count). The topological polar surface area (TPSA) is 96.8 Å². The average molecular weight is 317 g/mol. The van der Waals surface area contributed by atoms with Crippen LogP contribution in [0.25, 0.3) is 0 Å². The Kier molecular flexibility index (Phi) is 3.45. The zero-order valence-corrected chi connectivity index (χ0v) is 11.1. The molecule has 98 valence electrons. The van der Waals surface area contributed by atoms with Gasteiger partial charge >= 0.3 is 0 Å². The normalized spacial score (nSPS) is 24.0. The van der Waals surface area contributed by atoms with Crippen molar-refractivity contribution < 1.29 is 19.1 Å². The standard InChI is InChI=1S/C11H13BrN2O4/c12-8-4-7(5-18-8)9(15)14-3-1-2-11(17,6-14)10(13)16/h4-5,17H,1-3,6H2,(H2,13,16)/t11-/m1/s1. The lowest BCUT2D eigenvalue weighted by Crippen LogP contribution is -2.57. The first kappa shape index (κ1) is 13.1. The number of amides is 2. The first-order chi connectivity index (χ1) is 8.42. The van der Waals surface area contributed by atoms with Crippen molar-refractivity contribution in [2.45, 2.75) is 18.4 Å². The number of carbonyl (C=O) groups is 2. The number of carbonyl (C=O) groups excluding carboxylic acids is 2. The third kappa shape index (κ3) is 2.41. The summed E-state index contributed by atoms with van der Waals surface area (Å²) in [6.45, 7) is 0.404. The molecule has 2 heterocycles. The van der Waals surface area contributed by atoms with Crippen LogP contribution >= 0.6 is 15.9 Å². The first-order valence-corrected chi connectivity index (χ1v) is 6.27. The maximum atomic E-state index is 12.1. The summed E-state index contributed by atoms with van der Waals surface area (Å²) >= 11 is 3.11.